The Hall–Kier alpha value is -8.00. The highest BCUT2D eigenvalue weighted by Crippen LogP contribution is 2.61. The number of rotatable bonds is 5. The quantitative estimate of drug-likeness (QED) is 0.108. The van der Waals surface area contributed by atoms with Gasteiger partial charge in [-0.05, 0) is 48.5 Å². The molecule has 8 atom stereocenters. The van der Waals surface area contributed by atoms with Gasteiger partial charge in [0.2, 0.25) is 0 Å². The maximum Gasteiger partial charge on any atom is 0.200 e. The van der Waals surface area contributed by atoms with Crippen molar-refractivity contribution in [1.82, 2.24) is 0 Å². The van der Waals surface area contributed by atoms with Crippen LogP contribution in [0.4, 0.5) is 0 Å². The van der Waals surface area contributed by atoms with Crippen molar-refractivity contribution in [2.75, 3.05) is 0 Å². The smallest absolute Gasteiger partial charge is 0.200 e. The summed E-state index contributed by atoms with van der Waals surface area (Å²) in [6.07, 6.45) is -10.6. The highest BCUT2D eigenvalue weighted by molar-refractivity contribution is 5.71. The van der Waals surface area contributed by atoms with Gasteiger partial charge in [0, 0.05) is 74.9 Å². The van der Waals surface area contributed by atoms with E-state index in [9.17, 15) is 81.7 Å². The number of hydrogen-bond donors (Lipinski definition) is 16. The van der Waals surface area contributed by atoms with Crippen LogP contribution >= 0.6 is 0 Å². The number of phenolic OH excluding ortho intramolecular Hbond substituents is 13. The highest BCUT2D eigenvalue weighted by atomic mass is 16.5. The third kappa shape index (κ3) is 6.40. The van der Waals surface area contributed by atoms with Crippen LogP contribution < -0.4 is 14.2 Å². The molecule has 0 unspecified atom stereocenters. The minimum Gasteiger partial charge on any atom is -0.508 e. The highest BCUT2D eigenvalue weighted by Gasteiger charge is 2.49. The van der Waals surface area contributed by atoms with Crippen molar-refractivity contribution >= 4 is 0 Å². The van der Waals surface area contributed by atoms with E-state index in [0.717, 1.165) is 42.5 Å². The molecular weight excluding hydrogens is 844 g/mol. The number of aliphatic hydroxyl groups excluding tert-OH is 3. The molecule has 16 N–H and O–H groups in total. The molecule has 3 heterocycles. The zero-order valence-electron chi connectivity index (χ0n) is 32.6. The Labute approximate surface area is 359 Å². The summed E-state index contributed by atoms with van der Waals surface area (Å²) < 4.78 is 18.6. The fourth-order valence-corrected chi connectivity index (χ4v) is 8.96. The van der Waals surface area contributed by atoms with E-state index in [-0.39, 0.29) is 67.7 Å². The van der Waals surface area contributed by atoms with Crippen molar-refractivity contribution in [3.8, 4) is 92.0 Å². The Morgan fingerprint density at radius 2 is 0.766 bits per heavy atom. The van der Waals surface area contributed by atoms with Gasteiger partial charge in [-0.1, -0.05) is 12.1 Å². The van der Waals surface area contributed by atoms with Gasteiger partial charge in [0.25, 0.3) is 0 Å². The van der Waals surface area contributed by atoms with Crippen molar-refractivity contribution in [3.05, 3.63) is 117 Å². The number of benzene rings is 6. The molecule has 9 rings (SSSR count). The second kappa shape index (κ2) is 14.8. The molecule has 6 aromatic carbocycles. The largest absolute Gasteiger partial charge is 0.508 e. The topological polar surface area (TPSA) is 351 Å². The summed E-state index contributed by atoms with van der Waals surface area (Å²) in [5.41, 5.74) is -1.22. The molecule has 3 aliphatic rings. The van der Waals surface area contributed by atoms with Crippen LogP contribution in [-0.2, 0) is 6.42 Å². The first-order valence-corrected chi connectivity index (χ1v) is 19.4. The van der Waals surface area contributed by atoms with E-state index in [4.69, 9.17) is 14.2 Å². The third-order valence-electron chi connectivity index (χ3n) is 11.9. The Morgan fingerprint density at radius 1 is 0.391 bits per heavy atom. The van der Waals surface area contributed by atoms with E-state index in [1.165, 1.54) is 30.3 Å². The number of ether oxygens (including phenoxy) is 3. The van der Waals surface area contributed by atoms with E-state index in [2.05, 4.69) is 0 Å². The predicted octanol–water partition coefficient (Wildman–Crippen LogP) is 4.15. The molecule has 19 heteroatoms. The Kier molecular flexibility index (Phi) is 9.58. The molecule has 0 radical (unpaired) electrons. The van der Waals surface area contributed by atoms with Crippen LogP contribution in [0.5, 0.6) is 92.0 Å². The molecule has 3 aliphatic heterocycles. The molecule has 0 spiro atoms. The molecule has 0 saturated heterocycles. The summed E-state index contributed by atoms with van der Waals surface area (Å²) in [7, 11) is 0. The van der Waals surface area contributed by atoms with Crippen LogP contribution in [0.3, 0.4) is 0 Å². The normalized spacial score (nSPS) is 23.4. The third-order valence-corrected chi connectivity index (χ3v) is 11.9. The molecule has 64 heavy (non-hydrogen) atoms. The second-order valence-corrected chi connectivity index (χ2v) is 15.8. The fourth-order valence-electron chi connectivity index (χ4n) is 8.96. The Bertz CT molecular complexity index is 2830. The molecular formula is C45H38O19. The summed E-state index contributed by atoms with van der Waals surface area (Å²) in [6, 6.07) is 13.4. The maximum atomic E-state index is 12.9. The summed E-state index contributed by atoms with van der Waals surface area (Å²) in [6.45, 7) is 0. The number of hydrogen-bond acceptors (Lipinski definition) is 19. The van der Waals surface area contributed by atoms with E-state index < -0.39 is 124 Å². The summed E-state index contributed by atoms with van der Waals surface area (Å²) in [5.74, 6) is -13.5. The predicted molar refractivity (Wildman–Crippen MR) is 216 cm³/mol. The number of phenols is 13. The Morgan fingerprint density at radius 3 is 1.17 bits per heavy atom. The minimum atomic E-state index is -1.87. The molecule has 0 bridgehead atoms. The first-order valence-electron chi connectivity index (χ1n) is 19.4. The van der Waals surface area contributed by atoms with Crippen LogP contribution in [0.25, 0.3) is 0 Å². The molecule has 0 amide bonds. The van der Waals surface area contributed by atoms with Gasteiger partial charge in [-0.15, -0.1) is 0 Å². The maximum absolute atomic E-state index is 12.9. The lowest BCUT2D eigenvalue weighted by Gasteiger charge is -2.42. The van der Waals surface area contributed by atoms with Crippen molar-refractivity contribution in [2.45, 2.75) is 54.9 Å². The van der Waals surface area contributed by atoms with Gasteiger partial charge in [-0.25, -0.2) is 0 Å². The van der Waals surface area contributed by atoms with Crippen LogP contribution in [0.1, 0.15) is 74.7 Å². The van der Waals surface area contributed by atoms with Gasteiger partial charge in [0.15, 0.2) is 70.1 Å². The average Bonchev–Trinajstić information content (AvgIpc) is 3.24. The van der Waals surface area contributed by atoms with Gasteiger partial charge in [-0.3, -0.25) is 0 Å². The lowest BCUT2D eigenvalue weighted by Crippen LogP contribution is -2.38. The van der Waals surface area contributed by atoms with E-state index in [1.807, 2.05) is 0 Å². The Balaban J connectivity index is 1.32. The van der Waals surface area contributed by atoms with Crippen LogP contribution in [0, 0.1) is 0 Å². The zero-order valence-corrected chi connectivity index (χ0v) is 32.6. The first kappa shape index (κ1) is 41.4. The number of aromatic hydroxyl groups is 13. The molecule has 0 saturated carbocycles. The van der Waals surface area contributed by atoms with E-state index >= 15 is 0 Å². The zero-order chi connectivity index (χ0) is 45.8. The van der Waals surface area contributed by atoms with Crippen LogP contribution in [0.2, 0.25) is 0 Å². The van der Waals surface area contributed by atoms with Crippen LogP contribution in [-0.4, -0.2) is 100 Å². The van der Waals surface area contributed by atoms with Gasteiger partial charge < -0.3 is 95.9 Å². The molecule has 0 aromatic heterocycles. The summed E-state index contributed by atoms with van der Waals surface area (Å²) in [5, 5.41) is 176. The van der Waals surface area contributed by atoms with Gasteiger partial charge in [0.05, 0.1) is 6.10 Å². The molecule has 0 fully saturated rings. The van der Waals surface area contributed by atoms with Gasteiger partial charge in [0.1, 0.15) is 52.5 Å². The monoisotopic (exact) mass is 882 g/mol. The minimum absolute atomic E-state index is 0.0567. The number of aliphatic hydroxyl groups is 3. The van der Waals surface area contributed by atoms with Crippen LogP contribution in [0.15, 0.2) is 72.8 Å². The van der Waals surface area contributed by atoms with E-state index in [1.54, 1.807) is 0 Å². The van der Waals surface area contributed by atoms with Gasteiger partial charge >= 0.3 is 0 Å². The molecule has 6 aromatic rings. The van der Waals surface area contributed by atoms with Crippen molar-refractivity contribution in [1.29, 1.82) is 0 Å². The lowest BCUT2D eigenvalue weighted by molar-refractivity contribution is 0.000273. The fraction of sp³-hybridized carbons (Fsp3) is 0.200. The summed E-state index contributed by atoms with van der Waals surface area (Å²) in [4.78, 5) is 0. The lowest BCUT2D eigenvalue weighted by atomic mass is 9.73. The SMILES string of the molecule is Oc1ccc2c(c1)O[C@H](c1cc(O)c(O)c(O)c1)[C@@H](O)[C@@H]2c1c(O)c2c(c([C@@H]3c4ccc(O)cc4O[C@H](c4cc(O)c(O)c(O)c4)[C@H]3O)c1O)O[C@H](c1cc(O)c(O)c(O)c1)[C@H](O)C2. The second-order valence-electron chi connectivity index (χ2n) is 15.8. The van der Waals surface area contributed by atoms with E-state index in [0.29, 0.717) is 0 Å². The van der Waals surface area contributed by atoms with Crippen molar-refractivity contribution in [3.63, 3.8) is 0 Å². The van der Waals surface area contributed by atoms with Crippen molar-refractivity contribution < 1.29 is 95.9 Å². The molecule has 19 nitrogen and oxygen atoms in total. The van der Waals surface area contributed by atoms with Gasteiger partial charge in [-0.2, -0.15) is 0 Å². The standard InChI is InChI=1S/C45H38O19/c46-17-1-3-19-29(11-17)62-43(15-7-24(50)37(57)25(51)8-15)40(60)31(19)33-35(55)21-13-28(54)42(14-5-22(48)36(56)23(49)6-14)64-45(21)34(39(33)59)32-20-4-2-18(47)12-30(20)63-44(41(32)61)16-9-26(52)38(58)27(53)10-16/h1-12,28,31-32,40-44,46-61H,13H2/t28-,31+,32+,40+,41+,42-,43-,44-/m1/s1. The molecule has 0 aliphatic carbocycles. The number of fused-ring (bicyclic) bond motifs is 3. The summed E-state index contributed by atoms with van der Waals surface area (Å²) >= 11 is 0. The molecule has 332 valence electrons. The first-order chi connectivity index (χ1) is 30.3. The van der Waals surface area contributed by atoms with Crippen molar-refractivity contribution in [2.24, 2.45) is 0 Å². The average molecular weight is 883 g/mol.